The van der Waals surface area contributed by atoms with Gasteiger partial charge in [0.25, 0.3) is 0 Å². The van der Waals surface area contributed by atoms with Gasteiger partial charge in [0.05, 0.1) is 5.52 Å². The SMILES string of the molecule is Cc1cc2c(Cl)ncnc2cc1Cl. The van der Waals surface area contributed by atoms with Crippen molar-refractivity contribution in [1.29, 1.82) is 0 Å². The molecule has 2 aromatic rings. The Bertz CT molecular complexity index is 468. The molecule has 13 heavy (non-hydrogen) atoms. The van der Waals surface area contributed by atoms with Gasteiger partial charge in [0.15, 0.2) is 0 Å². The van der Waals surface area contributed by atoms with Gasteiger partial charge in [0.2, 0.25) is 0 Å². The van der Waals surface area contributed by atoms with Crippen LogP contribution in [0.1, 0.15) is 5.56 Å². The van der Waals surface area contributed by atoms with E-state index in [9.17, 15) is 0 Å². The maximum Gasteiger partial charge on any atom is 0.140 e. The van der Waals surface area contributed by atoms with Crippen molar-refractivity contribution in [3.05, 3.63) is 34.2 Å². The molecule has 1 aromatic heterocycles. The van der Waals surface area contributed by atoms with Crippen LogP contribution in [0.15, 0.2) is 18.5 Å². The molecular formula is C9H6Cl2N2. The third kappa shape index (κ3) is 1.47. The van der Waals surface area contributed by atoms with Crippen LogP contribution in [0.4, 0.5) is 0 Å². The van der Waals surface area contributed by atoms with Crippen molar-refractivity contribution < 1.29 is 0 Å². The van der Waals surface area contributed by atoms with Crippen molar-refractivity contribution in [2.75, 3.05) is 0 Å². The van der Waals surface area contributed by atoms with Crippen LogP contribution in [0.2, 0.25) is 10.2 Å². The summed E-state index contributed by atoms with van der Waals surface area (Å²) in [7, 11) is 0. The second kappa shape index (κ2) is 3.13. The summed E-state index contributed by atoms with van der Waals surface area (Å²) in [5.74, 6) is 0. The van der Waals surface area contributed by atoms with Crippen molar-refractivity contribution in [3.8, 4) is 0 Å². The molecule has 0 fully saturated rings. The highest BCUT2D eigenvalue weighted by molar-refractivity contribution is 6.35. The Kier molecular flexibility index (Phi) is 2.10. The molecule has 0 aliphatic heterocycles. The number of halogens is 2. The lowest BCUT2D eigenvalue weighted by Gasteiger charge is -2.01. The number of rotatable bonds is 0. The Balaban J connectivity index is 2.89. The van der Waals surface area contributed by atoms with E-state index in [1.54, 1.807) is 6.07 Å². The standard InChI is InChI=1S/C9H6Cl2N2/c1-5-2-6-8(3-7(5)10)12-4-13-9(6)11/h2-4H,1H3. The zero-order valence-electron chi connectivity index (χ0n) is 6.88. The summed E-state index contributed by atoms with van der Waals surface area (Å²) < 4.78 is 0. The summed E-state index contributed by atoms with van der Waals surface area (Å²) >= 11 is 11.8. The maximum atomic E-state index is 5.94. The van der Waals surface area contributed by atoms with Crippen molar-refractivity contribution in [3.63, 3.8) is 0 Å². The van der Waals surface area contributed by atoms with E-state index in [0.717, 1.165) is 16.5 Å². The average Bonchev–Trinajstić information content (AvgIpc) is 2.09. The Morgan fingerprint density at radius 3 is 2.69 bits per heavy atom. The highest BCUT2D eigenvalue weighted by Gasteiger charge is 2.03. The van der Waals surface area contributed by atoms with Gasteiger partial charge in [0.1, 0.15) is 11.5 Å². The molecule has 2 rings (SSSR count). The number of fused-ring (bicyclic) bond motifs is 1. The van der Waals surface area contributed by atoms with Crippen molar-refractivity contribution in [1.82, 2.24) is 9.97 Å². The molecule has 0 amide bonds. The summed E-state index contributed by atoms with van der Waals surface area (Å²) in [6.07, 6.45) is 1.43. The first kappa shape index (κ1) is 8.73. The fourth-order valence-corrected chi connectivity index (χ4v) is 1.51. The van der Waals surface area contributed by atoms with Crippen LogP contribution in [-0.2, 0) is 0 Å². The molecule has 0 atom stereocenters. The third-order valence-electron chi connectivity index (χ3n) is 1.87. The van der Waals surface area contributed by atoms with Gasteiger partial charge in [-0.1, -0.05) is 23.2 Å². The lowest BCUT2D eigenvalue weighted by Crippen LogP contribution is -1.85. The molecule has 0 bridgehead atoms. The first-order valence-corrected chi connectivity index (χ1v) is 4.50. The van der Waals surface area contributed by atoms with E-state index >= 15 is 0 Å². The molecule has 0 aliphatic rings. The molecule has 2 nitrogen and oxygen atoms in total. The Morgan fingerprint density at radius 1 is 1.15 bits per heavy atom. The molecule has 0 saturated carbocycles. The van der Waals surface area contributed by atoms with E-state index in [1.807, 2.05) is 13.0 Å². The third-order valence-corrected chi connectivity index (χ3v) is 2.58. The molecule has 0 unspecified atom stereocenters. The van der Waals surface area contributed by atoms with Crippen molar-refractivity contribution in [2.45, 2.75) is 6.92 Å². The van der Waals surface area contributed by atoms with Gasteiger partial charge in [-0.05, 0) is 24.6 Å². The number of aromatic nitrogens is 2. The first-order chi connectivity index (χ1) is 6.18. The van der Waals surface area contributed by atoms with E-state index in [-0.39, 0.29) is 0 Å². The minimum Gasteiger partial charge on any atom is -0.236 e. The van der Waals surface area contributed by atoms with E-state index in [0.29, 0.717) is 10.2 Å². The minimum atomic E-state index is 0.463. The Labute approximate surface area is 85.5 Å². The summed E-state index contributed by atoms with van der Waals surface area (Å²) in [5.41, 5.74) is 1.75. The van der Waals surface area contributed by atoms with E-state index < -0.39 is 0 Å². The average molecular weight is 213 g/mol. The van der Waals surface area contributed by atoms with Crippen LogP contribution in [0.25, 0.3) is 10.9 Å². The van der Waals surface area contributed by atoms with Crippen LogP contribution >= 0.6 is 23.2 Å². The van der Waals surface area contributed by atoms with Gasteiger partial charge in [-0.2, -0.15) is 0 Å². The molecule has 0 aliphatic carbocycles. The second-order valence-electron chi connectivity index (χ2n) is 2.78. The Morgan fingerprint density at radius 2 is 1.92 bits per heavy atom. The smallest absolute Gasteiger partial charge is 0.140 e. The quantitative estimate of drug-likeness (QED) is 0.627. The number of nitrogens with zero attached hydrogens (tertiary/aromatic N) is 2. The predicted molar refractivity (Wildman–Crippen MR) is 54.3 cm³/mol. The monoisotopic (exact) mass is 212 g/mol. The normalized spacial score (nSPS) is 10.7. The van der Waals surface area contributed by atoms with Crippen LogP contribution in [-0.4, -0.2) is 9.97 Å². The van der Waals surface area contributed by atoms with Gasteiger partial charge in [-0.3, -0.25) is 0 Å². The maximum absolute atomic E-state index is 5.94. The summed E-state index contributed by atoms with van der Waals surface area (Å²) in [6.45, 7) is 1.92. The van der Waals surface area contributed by atoms with Crippen LogP contribution in [0.5, 0.6) is 0 Å². The van der Waals surface area contributed by atoms with Gasteiger partial charge >= 0.3 is 0 Å². The lowest BCUT2D eigenvalue weighted by atomic mass is 10.2. The fraction of sp³-hybridized carbons (Fsp3) is 0.111. The molecule has 1 aromatic carbocycles. The molecule has 0 spiro atoms. The van der Waals surface area contributed by atoms with Crippen molar-refractivity contribution >= 4 is 34.1 Å². The number of hydrogen-bond donors (Lipinski definition) is 0. The highest BCUT2D eigenvalue weighted by Crippen LogP contribution is 2.25. The largest absolute Gasteiger partial charge is 0.236 e. The van der Waals surface area contributed by atoms with E-state index in [2.05, 4.69) is 9.97 Å². The molecule has 0 radical (unpaired) electrons. The van der Waals surface area contributed by atoms with Crippen molar-refractivity contribution in [2.24, 2.45) is 0 Å². The number of hydrogen-bond acceptors (Lipinski definition) is 2. The van der Waals surface area contributed by atoms with Crippen LogP contribution < -0.4 is 0 Å². The van der Waals surface area contributed by atoms with E-state index in [1.165, 1.54) is 6.33 Å². The first-order valence-electron chi connectivity index (χ1n) is 3.75. The number of aryl methyl sites for hydroxylation is 1. The van der Waals surface area contributed by atoms with Gasteiger partial charge in [0, 0.05) is 10.4 Å². The summed E-state index contributed by atoms with van der Waals surface area (Å²) in [4.78, 5) is 7.95. The topological polar surface area (TPSA) is 25.8 Å². The van der Waals surface area contributed by atoms with Gasteiger partial charge < -0.3 is 0 Å². The highest BCUT2D eigenvalue weighted by atomic mass is 35.5. The van der Waals surface area contributed by atoms with Crippen LogP contribution in [0.3, 0.4) is 0 Å². The zero-order chi connectivity index (χ0) is 9.42. The Hall–Kier alpha value is -0.860. The van der Waals surface area contributed by atoms with Gasteiger partial charge in [-0.25, -0.2) is 9.97 Å². The van der Waals surface area contributed by atoms with Gasteiger partial charge in [-0.15, -0.1) is 0 Å². The summed E-state index contributed by atoms with van der Waals surface area (Å²) in [5, 5.41) is 2.00. The molecule has 4 heteroatoms. The molecule has 0 N–H and O–H groups in total. The molecule has 0 saturated heterocycles. The second-order valence-corrected chi connectivity index (χ2v) is 3.55. The minimum absolute atomic E-state index is 0.463. The fourth-order valence-electron chi connectivity index (χ4n) is 1.15. The van der Waals surface area contributed by atoms with E-state index in [4.69, 9.17) is 23.2 Å². The molecule has 66 valence electrons. The van der Waals surface area contributed by atoms with Crippen LogP contribution in [0, 0.1) is 6.92 Å². The molecule has 1 heterocycles. The summed E-state index contributed by atoms with van der Waals surface area (Å²) in [6, 6.07) is 3.68. The molecular weight excluding hydrogens is 207 g/mol. The number of benzene rings is 1. The predicted octanol–water partition coefficient (Wildman–Crippen LogP) is 3.25. The zero-order valence-corrected chi connectivity index (χ0v) is 8.39. The lowest BCUT2D eigenvalue weighted by molar-refractivity contribution is 1.22.